The Morgan fingerprint density at radius 2 is 1.52 bits per heavy atom. The lowest BCUT2D eigenvalue weighted by Gasteiger charge is -2.28. The van der Waals surface area contributed by atoms with E-state index in [1.54, 1.807) is 0 Å². The van der Waals surface area contributed by atoms with Crippen LogP contribution in [0.15, 0.2) is 48.5 Å². The molecule has 2 rings (SSSR count). The van der Waals surface area contributed by atoms with Crippen LogP contribution in [0.25, 0.3) is 0 Å². The van der Waals surface area contributed by atoms with Crippen LogP contribution in [0, 0.1) is 11.6 Å². The number of rotatable bonds is 6. The van der Waals surface area contributed by atoms with Gasteiger partial charge in [-0.1, -0.05) is 12.1 Å². The van der Waals surface area contributed by atoms with Gasteiger partial charge in [0.15, 0.2) is 0 Å². The Hall–Kier alpha value is -2.48. The molecule has 2 aromatic carbocycles. The van der Waals surface area contributed by atoms with Crippen molar-refractivity contribution in [2.45, 2.75) is 19.5 Å². The molecule has 0 heterocycles. The molecule has 0 saturated carbocycles. The first kappa shape index (κ1) is 18.9. The van der Waals surface area contributed by atoms with Crippen molar-refractivity contribution >= 4 is 21.6 Å². The van der Waals surface area contributed by atoms with Crippen LogP contribution >= 0.6 is 0 Å². The highest BCUT2D eigenvalue weighted by Gasteiger charge is 2.28. The molecular formula is C17H18F2N2O3S. The van der Waals surface area contributed by atoms with Gasteiger partial charge < -0.3 is 5.32 Å². The largest absolute Gasteiger partial charge is 0.350 e. The molecule has 2 aromatic rings. The minimum atomic E-state index is -3.76. The number of hydrogen-bond donors (Lipinski definition) is 1. The minimum absolute atomic E-state index is 0.129. The molecule has 0 aliphatic carbocycles. The molecule has 5 nitrogen and oxygen atoms in total. The fraction of sp³-hybridized carbons (Fsp3) is 0.235. The average Bonchev–Trinajstić information content (AvgIpc) is 2.54. The number of carbonyl (C=O) groups is 1. The Labute approximate surface area is 145 Å². The summed E-state index contributed by atoms with van der Waals surface area (Å²) in [4.78, 5) is 12.3. The fourth-order valence-corrected chi connectivity index (χ4v) is 3.51. The van der Waals surface area contributed by atoms with Crippen LogP contribution in [-0.4, -0.2) is 26.6 Å². The van der Waals surface area contributed by atoms with Crippen LogP contribution in [0.1, 0.15) is 12.5 Å². The first-order chi connectivity index (χ1) is 11.7. The number of benzene rings is 2. The van der Waals surface area contributed by atoms with E-state index in [0.717, 1.165) is 22.7 Å². The van der Waals surface area contributed by atoms with Gasteiger partial charge in [-0.3, -0.25) is 9.10 Å². The molecule has 134 valence electrons. The molecule has 0 aliphatic rings. The van der Waals surface area contributed by atoms with Gasteiger partial charge in [-0.05, 0) is 48.9 Å². The van der Waals surface area contributed by atoms with Crippen molar-refractivity contribution in [1.82, 2.24) is 5.32 Å². The Morgan fingerprint density at radius 3 is 2.00 bits per heavy atom. The van der Waals surface area contributed by atoms with Crippen molar-refractivity contribution in [3.63, 3.8) is 0 Å². The number of sulfonamides is 1. The van der Waals surface area contributed by atoms with E-state index in [9.17, 15) is 22.0 Å². The first-order valence-corrected chi connectivity index (χ1v) is 9.30. The summed E-state index contributed by atoms with van der Waals surface area (Å²) in [5.74, 6) is -1.42. The van der Waals surface area contributed by atoms with Crippen molar-refractivity contribution in [3.8, 4) is 0 Å². The molecule has 1 atom stereocenters. The van der Waals surface area contributed by atoms with Crippen LogP contribution < -0.4 is 9.62 Å². The maximum Gasteiger partial charge on any atom is 0.243 e. The molecule has 25 heavy (non-hydrogen) atoms. The lowest BCUT2D eigenvalue weighted by atomic mass is 10.2. The molecule has 0 bridgehead atoms. The second kappa shape index (κ2) is 7.60. The summed E-state index contributed by atoms with van der Waals surface area (Å²) >= 11 is 0. The maximum absolute atomic E-state index is 13.1. The molecule has 0 radical (unpaired) electrons. The number of nitrogens with zero attached hydrogens (tertiary/aromatic N) is 1. The number of amides is 1. The van der Waals surface area contributed by atoms with Gasteiger partial charge >= 0.3 is 0 Å². The summed E-state index contributed by atoms with van der Waals surface area (Å²) in [5, 5.41) is 2.61. The van der Waals surface area contributed by atoms with Crippen LogP contribution in [0.5, 0.6) is 0 Å². The zero-order valence-corrected chi connectivity index (χ0v) is 14.6. The molecule has 0 aromatic heterocycles. The topological polar surface area (TPSA) is 66.5 Å². The Kier molecular flexibility index (Phi) is 5.73. The minimum Gasteiger partial charge on any atom is -0.350 e. The molecule has 0 spiro atoms. The molecule has 1 N–H and O–H groups in total. The highest BCUT2D eigenvalue weighted by Crippen LogP contribution is 2.21. The summed E-state index contributed by atoms with van der Waals surface area (Å²) in [5.41, 5.74) is 0.864. The smallest absolute Gasteiger partial charge is 0.243 e. The van der Waals surface area contributed by atoms with Gasteiger partial charge in [0.05, 0.1) is 11.9 Å². The molecule has 8 heteroatoms. The van der Waals surface area contributed by atoms with E-state index in [0.29, 0.717) is 5.56 Å². The second-order valence-corrected chi connectivity index (χ2v) is 7.41. The van der Waals surface area contributed by atoms with Gasteiger partial charge in [0.2, 0.25) is 15.9 Å². The normalized spacial score (nSPS) is 12.5. The third kappa shape index (κ3) is 4.99. The van der Waals surface area contributed by atoms with E-state index in [-0.39, 0.29) is 18.0 Å². The maximum atomic E-state index is 13.1. The van der Waals surface area contributed by atoms with Crippen LogP contribution in [0.3, 0.4) is 0 Å². The monoisotopic (exact) mass is 368 g/mol. The SMILES string of the molecule is C[C@@H](C(=O)NCc1ccc(F)cc1)N(c1ccc(F)cc1)S(C)(=O)=O. The highest BCUT2D eigenvalue weighted by atomic mass is 32.2. The molecule has 0 aliphatic heterocycles. The second-order valence-electron chi connectivity index (χ2n) is 5.56. The number of carbonyl (C=O) groups excluding carboxylic acids is 1. The summed E-state index contributed by atoms with van der Waals surface area (Å²) in [6.07, 6.45) is 0.972. The van der Waals surface area contributed by atoms with Gasteiger partial charge in [-0.25, -0.2) is 17.2 Å². The fourth-order valence-electron chi connectivity index (χ4n) is 2.34. The van der Waals surface area contributed by atoms with Gasteiger partial charge in [0.25, 0.3) is 0 Å². The Balaban J connectivity index is 2.15. The third-order valence-electron chi connectivity index (χ3n) is 3.55. The van der Waals surface area contributed by atoms with Crippen molar-refractivity contribution in [2.24, 2.45) is 0 Å². The third-order valence-corrected chi connectivity index (χ3v) is 4.79. The van der Waals surface area contributed by atoms with E-state index >= 15 is 0 Å². The van der Waals surface area contributed by atoms with Crippen molar-refractivity contribution in [1.29, 1.82) is 0 Å². The number of nitrogens with one attached hydrogen (secondary N) is 1. The number of anilines is 1. The molecule has 1 amide bonds. The first-order valence-electron chi connectivity index (χ1n) is 7.45. The Morgan fingerprint density at radius 1 is 1.04 bits per heavy atom. The van der Waals surface area contributed by atoms with E-state index in [2.05, 4.69) is 5.32 Å². The molecule has 0 fully saturated rings. The van der Waals surface area contributed by atoms with Gasteiger partial charge in [-0.2, -0.15) is 0 Å². The van der Waals surface area contributed by atoms with Crippen LogP contribution in [0.4, 0.5) is 14.5 Å². The van der Waals surface area contributed by atoms with E-state index < -0.39 is 27.8 Å². The van der Waals surface area contributed by atoms with E-state index in [4.69, 9.17) is 0 Å². The quantitative estimate of drug-likeness (QED) is 0.852. The van der Waals surface area contributed by atoms with E-state index in [1.165, 1.54) is 43.3 Å². The van der Waals surface area contributed by atoms with Crippen molar-refractivity contribution in [3.05, 3.63) is 65.7 Å². The zero-order valence-electron chi connectivity index (χ0n) is 13.7. The molecular weight excluding hydrogens is 350 g/mol. The number of halogens is 2. The molecule has 0 saturated heterocycles. The Bertz CT molecular complexity index is 837. The van der Waals surface area contributed by atoms with Crippen LogP contribution in [0.2, 0.25) is 0 Å². The predicted octanol–water partition coefficient (Wildman–Crippen LogP) is 2.44. The average molecular weight is 368 g/mol. The summed E-state index contributed by atoms with van der Waals surface area (Å²) in [7, 11) is -3.76. The van der Waals surface area contributed by atoms with Crippen molar-refractivity contribution in [2.75, 3.05) is 10.6 Å². The summed E-state index contributed by atoms with van der Waals surface area (Å²) < 4.78 is 51.0. The van der Waals surface area contributed by atoms with Crippen LogP contribution in [-0.2, 0) is 21.4 Å². The lowest BCUT2D eigenvalue weighted by molar-refractivity contribution is -0.122. The molecule has 0 unspecified atom stereocenters. The standard InChI is InChI=1S/C17H18F2N2O3S/c1-12(17(22)20-11-13-3-5-14(18)6-4-13)21(25(2,23)24)16-9-7-15(19)8-10-16/h3-10,12H,11H2,1-2H3,(H,20,22)/t12-/m0/s1. The highest BCUT2D eigenvalue weighted by molar-refractivity contribution is 7.92. The van der Waals surface area contributed by atoms with Gasteiger partial charge in [0.1, 0.15) is 17.7 Å². The summed E-state index contributed by atoms with van der Waals surface area (Å²) in [6.45, 7) is 1.56. The predicted molar refractivity (Wildman–Crippen MR) is 91.4 cm³/mol. The lowest BCUT2D eigenvalue weighted by Crippen LogP contribution is -2.47. The summed E-state index contributed by atoms with van der Waals surface area (Å²) in [6, 6.07) is 9.37. The van der Waals surface area contributed by atoms with Gasteiger partial charge in [0, 0.05) is 6.54 Å². The van der Waals surface area contributed by atoms with Gasteiger partial charge in [-0.15, -0.1) is 0 Å². The zero-order chi connectivity index (χ0) is 18.6. The van der Waals surface area contributed by atoms with Crippen molar-refractivity contribution < 1.29 is 22.0 Å². The number of hydrogen-bond acceptors (Lipinski definition) is 3. The van der Waals surface area contributed by atoms with E-state index in [1.807, 2.05) is 0 Å².